The number of hydrogen-bond donors (Lipinski definition) is 1. The predicted molar refractivity (Wildman–Crippen MR) is 65.5 cm³/mol. The number of nitrogens with one attached hydrogen (secondary N) is 1. The van der Waals surface area contributed by atoms with Crippen molar-refractivity contribution >= 4 is 12.2 Å². The first-order valence-corrected chi connectivity index (χ1v) is 5.21. The Morgan fingerprint density at radius 3 is 2.94 bits per heavy atom. The van der Waals surface area contributed by atoms with Gasteiger partial charge in [0, 0.05) is 18.7 Å². The fourth-order valence-electron chi connectivity index (χ4n) is 1.30. The first kappa shape index (κ1) is 13.5. The molecule has 0 radical (unpaired) electrons. The van der Waals surface area contributed by atoms with E-state index in [0.717, 1.165) is 0 Å². The van der Waals surface area contributed by atoms with Crippen molar-refractivity contribution in [3.63, 3.8) is 0 Å². The second-order valence-electron chi connectivity index (χ2n) is 3.29. The van der Waals surface area contributed by atoms with Gasteiger partial charge in [-0.1, -0.05) is 0 Å². The summed E-state index contributed by atoms with van der Waals surface area (Å²) in [5.74, 6) is 0.106. The Kier molecular flexibility index (Phi) is 5.13. The molecule has 1 rings (SSSR count). The Morgan fingerprint density at radius 1 is 1.56 bits per heavy atom. The Bertz CT molecular complexity index is 515. The van der Waals surface area contributed by atoms with Crippen LogP contribution in [0.4, 0.5) is 0 Å². The molecule has 1 aromatic rings. The van der Waals surface area contributed by atoms with Crippen LogP contribution in [0.2, 0.25) is 0 Å². The third kappa shape index (κ3) is 3.46. The minimum Gasteiger partial charge on any atom is -0.489 e. The Labute approximate surface area is 105 Å². The van der Waals surface area contributed by atoms with Crippen molar-refractivity contribution in [1.82, 2.24) is 5.32 Å². The highest BCUT2D eigenvalue weighted by atomic mass is 16.5. The van der Waals surface area contributed by atoms with E-state index in [-0.39, 0.29) is 12.5 Å². The second-order valence-corrected chi connectivity index (χ2v) is 3.29. The first-order chi connectivity index (χ1) is 8.72. The number of rotatable bonds is 5. The molecule has 18 heavy (non-hydrogen) atoms. The van der Waals surface area contributed by atoms with E-state index in [0.29, 0.717) is 23.2 Å². The fraction of sp³-hybridized carbons (Fsp3) is 0.154. The third-order valence-corrected chi connectivity index (χ3v) is 2.15. The van der Waals surface area contributed by atoms with Crippen molar-refractivity contribution in [2.75, 3.05) is 13.7 Å². The van der Waals surface area contributed by atoms with E-state index in [2.05, 4.69) is 5.32 Å². The van der Waals surface area contributed by atoms with Gasteiger partial charge in [0.2, 0.25) is 0 Å². The van der Waals surface area contributed by atoms with Crippen molar-refractivity contribution < 1.29 is 14.3 Å². The van der Waals surface area contributed by atoms with Gasteiger partial charge in [0.05, 0.1) is 11.6 Å². The van der Waals surface area contributed by atoms with Gasteiger partial charge in [0.15, 0.2) is 6.29 Å². The van der Waals surface area contributed by atoms with Crippen LogP contribution in [-0.2, 0) is 0 Å². The van der Waals surface area contributed by atoms with Crippen molar-refractivity contribution in [2.45, 2.75) is 0 Å². The number of allylic oxidation sites excluding steroid dienone is 1. The highest BCUT2D eigenvalue weighted by Crippen LogP contribution is 2.18. The quantitative estimate of drug-likeness (QED) is 0.625. The number of hydrogen-bond acceptors (Lipinski definition) is 4. The minimum absolute atomic E-state index is 0.188. The van der Waals surface area contributed by atoms with Crippen LogP contribution in [0, 0.1) is 11.3 Å². The van der Waals surface area contributed by atoms with Gasteiger partial charge in [-0.3, -0.25) is 9.59 Å². The predicted octanol–water partition coefficient (Wildman–Crippen LogP) is 1.32. The first-order valence-electron chi connectivity index (χ1n) is 5.21. The molecular weight excluding hydrogens is 232 g/mol. The summed E-state index contributed by atoms with van der Waals surface area (Å²) in [4.78, 5) is 22.3. The Balaban J connectivity index is 2.87. The molecule has 0 saturated carbocycles. The van der Waals surface area contributed by atoms with Crippen LogP contribution < -0.4 is 10.1 Å². The maximum Gasteiger partial charge on any atom is 0.251 e. The third-order valence-electron chi connectivity index (χ3n) is 2.15. The van der Waals surface area contributed by atoms with E-state index < -0.39 is 0 Å². The van der Waals surface area contributed by atoms with Crippen LogP contribution in [0.3, 0.4) is 0 Å². The summed E-state index contributed by atoms with van der Waals surface area (Å²) in [5, 5.41) is 10.8. The van der Waals surface area contributed by atoms with Crippen LogP contribution in [0.5, 0.6) is 5.75 Å². The van der Waals surface area contributed by atoms with E-state index in [4.69, 9.17) is 10.00 Å². The molecule has 0 saturated heterocycles. The van der Waals surface area contributed by atoms with Gasteiger partial charge in [0.25, 0.3) is 5.91 Å². The largest absolute Gasteiger partial charge is 0.489 e. The van der Waals surface area contributed by atoms with Crippen LogP contribution >= 0.6 is 0 Å². The Morgan fingerprint density at radius 2 is 2.33 bits per heavy atom. The maximum absolute atomic E-state index is 11.4. The molecule has 0 aliphatic carbocycles. The SMILES string of the molecule is CNC(=O)c1ccc(OC/C=C/C#N)c(C=O)c1. The lowest BCUT2D eigenvalue weighted by Gasteiger charge is -2.07. The average molecular weight is 244 g/mol. The van der Waals surface area contributed by atoms with Gasteiger partial charge in [-0.2, -0.15) is 5.26 Å². The molecular formula is C13H12N2O3. The molecule has 0 unspecified atom stereocenters. The van der Waals surface area contributed by atoms with Crippen LogP contribution in [0.1, 0.15) is 20.7 Å². The number of aldehydes is 1. The van der Waals surface area contributed by atoms with Gasteiger partial charge in [0.1, 0.15) is 12.4 Å². The molecule has 0 aliphatic heterocycles. The van der Waals surface area contributed by atoms with E-state index in [9.17, 15) is 9.59 Å². The zero-order chi connectivity index (χ0) is 13.4. The van der Waals surface area contributed by atoms with Gasteiger partial charge in [-0.15, -0.1) is 0 Å². The van der Waals surface area contributed by atoms with Gasteiger partial charge >= 0.3 is 0 Å². The number of nitrogens with zero attached hydrogens (tertiary/aromatic N) is 1. The van der Waals surface area contributed by atoms with E-state index in [1.165, 1.54) is 25.3 Å². The van der Waals surface area contributed by atoms with Gasteiger partial charge in [-0.25, -0.2) is 0 Å². The molecule has 1 aromatic carbocycles. The number of benzene rings is 1. The lowest BCUT2D eigenvalue weighted by Crippen LogP contribution is -2.18. The second kappa shape index (κ2) is 6.86. The fourth-order valence-corrected chi connectivity index (χ4v) is 1.30. The summed E-state index contributed by atoms with van der Waals surface area (Å²) in [6, 6.07) is 6.40. The molecule has 0 aromatic heterocycles. The standard InChI is InChI=1S/C13H12N2O3/c1-15-13(17)10-4-5-12(11(8-10)9-16)18-7-3-2-6-14/h2-5,8-9H,7H2,1H3,(H,15,17)/b3-2+. The molecule has 1 N–H and O–H groups in total. The molecule has 92 valence electrons. The molecule has 1 amide bonds. The smallest absolute Gasteiger partial charge is 0.251 e. The molecule has 0 atom stereocenters. The number of carbonyl (C=O) groups is 2. The lowest BCUT2D eigenvalue weighted by atomic mass is 10.1. The van der Waals surface area contributed by atoms with E-state index in [1.54, 1.807) is 12.1 Å². The zero-order valence-electron chi connectivity index (χ0n) is 9.84. The maximum atomic E-state index is 11.4. The monoisotopic (exact) mass is 244 g/mol. The van der Waals surface area contributed by atoms with Crippen molar-refractivity contribution in [3.8, 4) is 11.8 Å². The summed E-state index contributed by atoms with van der Waals surface area (Å²) >= 11 is 0. The zero-order valence-corrected chi connectivity index (χ0v) is 9.84. The molecule has 0 spiro atoms. The number of carbonyl (C=O) groups excluding carboxylic acids is 2. The van der Waals surface area contributed by atoms with E-state index in [1.807, 2.05) is 6.07 Å². The highest BCUT2D eigenvalue weighted by Gasteiger charge is 2.08. The van der Waals surface area contributed by atoms with Crippen LogP contribution in [0.25, 0.3) is 0 Å². The minimum atomic E-state index is -0.269. The normalized spacial score (nSPS) is 9.78. The average Bonchev–Trinajstić information content (AvgIpc) is 2.42. The molecule has 5 nitrogen and oxygen atoms in total. The van der Waals surface area contributed by atoms with Crippen LogP contribution in [-0.4, -0.2) is 25.8 Å². The summed E-state index contributed by atoms with van der Waals surface area (Å²) in [6.45, 7) is 0.188. The summed E-state index contributed by atoms with van der Waals surface area (Å²) in [7, 11) is 1.51. The topological polar surface area (TPSA) is 79.2 Å². The lowest BCUT2D eigenvalue weighted by molar-refractivity contribution is 0.0963. The summed E-state index contributed by atoms with van der Waals surface area (Å²) < 4.78 is 5.30. The molecule has 0 fully saturated rings. The molecule has 5 heteroatoms. The molecule has 0 aliphatic rings. The van der Waals surface area contributed by atoms with Gasteiger partial charge < -0.3 is 10.1 Å². The number of nitriles is 1. The van der Waals surface area contributed by atoms with E-state index >= 15 is 0 Å². The summed E-state index contributed by atoms with van der Waals surface area (Å²) in [6.07, 6.45) is 3.44. The van der Waals surface area contributed by atoms with Crippen molar-refractivity contribution in [1.29, 1.82) is 5.26 Å². The van der Waals surface area contributed by atoms with Gasteiger partial charge in [-0.05, 0) is 24.3 Å². The van der Waals surface area contributed by atoms with Crippen molar-refractivity contribution in [3.05, 3.63) is 41.5 Å². The number of ether oxygens (including phenoxy) is 1. The van der Waals surface area contributed by atoms with Crippen molar-refractivity contribution in [2.24, 2.45) is 0 Å². The number of amides is 1. The highest BCUT2D eigenvalue weighted by molar-refractivity contribution is 5.96. The molecule has 0 heterocycles. The summed E-state index contributed by atoms with van der Waals surface area (Å²) in [5.41, 5.74) is 0.681. The van der Waals surface area contributed by atoms with Crippen LogP contribution in [0.15, 0.2) is 30.4 Å². The molecule has 0 bridgehead atoms. The Hall–Kier alpha value is -2.61.